The summed E-state index contributed by atoms with van der Waals surface area (Å²) in [5.41, 5.74) is 14.4. The topological polar surface area (TPSA) is 64.2 Å². The Morgan fingerprint density at radius 3 is 2.06 bits per heavy atom. The van der Waals surface area contributed by atoms with Crippen LogP contribution in [0.5, 0.6) is 0 Å². The van der Waals surface area contributed by atoms with Gasteiger partial charge in [0.25, 0.3) is 0 Å². The molecule has 0 saturated carbocycles. The van der Waals surface area contributed by atoms with E-state index in [9.17, 15) is 0 Å². The molecule has 0 fully saturated rings. The van der Waals surface area contributed by atoms with Crippen molar-refractivity contribution < 1.29 is 0 Å². The third kappa shape index (κ3) is 4.66. The number of aromatic nitrogens is 2. The molecule has 2 heterocycles. The second kappa shape index (κ2) is 11.5. The highest BCUT2D eigenvalue weighted by Crippen LogP contribution is 2.42. The molecule has 0 aliphatic rings. The molecule has 0 aliphatic heterocycles. The van der Waals surface area contributed by atoms with E-state index < -0.39 is 0 Å². The number of pyridine rings is 2. The van der Waals surface area contributed by atoms with Gasteiger partial charge in [0.05, 0.1) is 22.4 Å². The van der Waals surface area contributed by atoms with Crippen molar-refractivity contribution in [3.05, 3.63) is 164 Å². The second-order valence-electron chi connectivity index (χ2n) is 11.5. The Morgan fingerprint density at radius 2 is 1.36 bits per heavy atom. The molecule has 0 spiro atoms. The number of para-hydroxylation sites is 1. The quantitative estimate of drug-likeness (QED) is 0.0891. The van der Waals surface area contributed by atoms with Crippen molar-refractivity contribution in [2.45, 2.75) is 0 Å². The number of benzene rings is 6. The molecule has 0 amide bonds. The van der Waals surface area contributed by atoms with Crippen molar-refractivity contribution in [2.24, 2.45) is 4.99 Å². The molecule has 2 aromatic heterocycles. The summed E-state index contributed by atoms with van der Waals surface area (Å²) in [6, 6.07) is 40.2. The summed E-state index contributed by atoms with van der Waals surface area (Å²) in [6.07, 6.45) is 8.94. The number of fused-ring (bicyclic) bond motifs is 9. The van der Waals surface area contributed by atoms with E-state index in [4.69, 9.17) is 10.7 Å². The molecule has 0 bridgehead atoms. The molecular formula is C43H30N4. The van der Waals surface area contributed by atoms with Gasteiger partial charge >= 0.3 is 0 Å². The fourth-order valence-corrected chi connectivity index (χ4v) is 6.72. The zero-order chi connectivity index (χ0) is 31.9. The summed E-state index contributed by atoms with van der Waals surface area (Å²) in [7, 11) is 0. The van der Waals surface area contributed by atoms with Crippen molar-refractivity contribution in [2.75, 3.05) is 5.73 Å². The van der Waals surface area contributed by atoms with Crippen LogP contribution in [-0.4, -0.2) is 16.2 Å². The highest BCUT2D eigenvalue weighted by Gasteiger charge is 2.17. The van der Waals surface area contributed by atoms with Crippen molar-refractivity contribution in [1.29, 1.82) is 0 Å². The zero-order valence-corrected chi connectivity index (χ0v) is 25.7. The number of rotatable bonds is 6. The third-order valence-electron chi connectivity index (χ3n) is 8.91. The summed E-state index contributed by atoms with van der Waals surface area (Å²) < 4.78 is 0. The van der Waals surface area contributed by atoms with Gasteiger partial charge in [-0.3, -0.25) is 9.98 Å². The molecule has 222 valence electrons. The average Bonchev–Trinajstić information content (AvgIpc) is 3.13. The van der Waals surface area contributed by atoms with Crippen molar-refractivity contribution in [3.8, 4) is 11.3 Å². The molecule has 0 aliphatic carbocycles. The fourth-order valence-electron chi connectivity index (χ4n) is 6.72. The molecule has 2 N–H and O–H groups in total. The Labute approximate surface area is 272 Å². The first-order valence-corrected chi connectivity index (χ1v) is 15.5. The van der Waals surface area contributed by atoms with E-state index >= 15 is 0 Å². The van der Waals surface area contributed by atoms with Gasteiger partial charge in [-0.05, 0) is 50.9 Å². The van der Waals surface area contributed by atoms with Crippen LogP contribution in [0.4, 0.5) is 5.69 Å². The maximum atomic E-state index is 6.49. The first kappa shape index (κ1) is 28.1. The molecule has 0 saturated heterocycles. The first-order valence-electron chi connectivity index (χ1n) is 15.5. The van der Waals surface area contributed by atoms with Gasteiger partial charge in [0, 0.05) is 56.9 Å². The Hall–Kier alpha value is -6.39. The molecule has 6 aromatic carbocycles. The SMILES string of the molecule is C=C/C(=C\N=Cc1ccc(-c2nc3ccccc3c3c4ccccc4c4ccccc4c23)cc1)c1cc2cccnc2c(N)c1C=C. The second-order valence-corrected chi connectivity index (χ2v) is 11.5. The lowest BCUT2D eigenvalue weighted by Crippen LogP contribution is -1.98. The number of nitrogens with two attached hydrogens (primary N) is 1. The number of anilines is 1. The lowest BCUT2D eigenvalue weighted by atomic mass is 9.90. The van der Waals surface area contributed by atoms with E-state index in [0.29, 0.717) is 5.69 Å². The molecule has 4 heteroatoms. The minimum Gasteiger partial charge on any atom is -0.396 e. The number of allylic oxidation sites excluding steroid dienone is 2. The van der Waals surface area contributed by atoms with Crippen LogP contribution in [0.1, 0.15) is 16.7 Å². The Bertz CT molecular complexity index is 2610. The van der Waals surface area contributed by atoms with Crippen LogP contribution in [0.25, 0.3) is 77.0 Å². The Kier molecular flexibility index (Phi) is 6.89. The summed E-state index contributed by atoms with van der Waals surface area (Å²) >= 11 is 0. The van der Waals surface area contributed by atoms with Gasteiger partial charge in [0.1, 0.15) is 0 Å². The minimum atomic E-state index is 0.594. The van der Waals surface area contributed by atoms with Gasteiger partial charge in [0.2, 0.25) is 0 Å². The number of hydrogen-bond donors (Lipinski definition) is 1. The molecular weight excluding hydrogens is 573 g/mol. The van der Waals surface area contributed by atoms with Crippen LogP contribution in [-0.2, 0) is 0 Å². The monoisotopic (exact) mass is 602 g/mol. The van der Waals surface area contributed by atoms with Crippen LogP contribution in [0.2, 0.25) is 0 Å². The van der Waals surface area contributed by atoms with E-state index in [1.807, 2.05) is 18.3 Å². The third-order valence-corrected chi connectivity index (χ3v) is 8.91. The van der Waals surface area contributed by atoms with Crippen LogP contribution < -0.4 is 5.73 Å². The Morgan fingerprint density at radius 1 is 0.702 bits per heavy atom. The van der Waals surface area contributed by atoms with Gasteiger partial charge in [-0.1, -0.05) is 122 Å². The van der Waals surface area contributed by atoms with Crippen LogP contribution in [0.15, 0.2) is 152 Å². The van der Waals surface area contributed by atoms with Gasteiger partial charge in [-0.2, -0.15) is 0 Å². The van der Waals surface area contributed by atoms with E-state index in [-0.39, 0.29) is 0 Å². The number of nitrogens with zero attached hydrogens (tertiary/aromatic N) is 3. The van der Waals surface area contributed by atoms with Crippen molar-refractivity contribution in [3.63, 3.8) is 0 Å². The molecule has 8 aromatic rings. The van der Waals surface area contributed by atoms with Gasteiger partial charge < -0.3 is 5.73 Å². The molecule has 8 rings (SSSR count). The lowest BCUT2D eigenvalue weighted by Gasteiger charge is -2.16. The number of nitrogen functional groups attached to an aromatic ring is 1. The normalized spacial score (nSPS) is 12.1. The largest absolute Gasteiger partial charge is 0.396 e. The highest BCUT2D eigenvalue weighted by atomic mass is 14.7. The molecule has 47 heavy (non-hydrogen) atoms. The summed E-state index contributed by atoms with van der Waals surface area (Å²) in [4.78, 5) is 14.4. The standard InChI is InChI=1S/C43H30N4/c1-3-28(37-24-30-12-11-23-46-43(30)41(44)31(37)4-2)26-45-25-27-19-21-29(22-20-27)42-40-35-16-8-6-14-33(35)32-13-5-7-15-34(32)39(40)36-17-9-10-18-38(36)47-42/h3-26H,1-2,44H2/b28-26+,45-25?. The number of hydrogen-bond acceptors (Lipinski definition) is 4. The molecule has 0 atom stereocenters. The highest BCUT2D eigenvalue weighted by molar-refractivity contribution is 6.33. The van der Waals surface area contributed by atoms with Gasteiger partial charge in [0.15, 0.2) is 0 Å². The molecule has 0 radical (unpaired) electrons. The van der Waals surface area contributed by atoms with Crippen molar-refractivity contribution >= 4 is 77.7 Å². The Balaban J connectivity index is 1.23. The lowest BCUT2D eigenvalue weighted by molar-refractivity contribution is 1.40. The van der Waals surface area contributed by atoms with E-state index in [0.717, 1.165) is 55.3 Å². The number of aliphatic imine (C=N–C) groups is 1. The van der Waals surface area contributed by atoms with Crippen molar-refractivity contribution in [1.82, 2.24) is 9.97 Å². The summed E-state index contributed by atoms with van der Waals surface area (Å²) in [5.74, 6) is 0. The first-order chi connectivity index (χ1) is 23.2. The maximum Gasteiger partial charge on any atom is 0.0937 e. The fraction of sp³-hybridized carbons (Fsp3) is 0. The summed E-state index contributed by atoms with van der Waals surface area (Å²) in [5, 5.41) is 9.42. The zero-order valence-electron chi connectivity index (χ0n) is 25.7. The van der Waals surface area contributed by atoms with Gasteiger partial charge in [-0.25, -0.2) is 4.98 Å². The summed E-state index contributed by atoms with van der Waals surface area (Å²) in [6.45, 7) is 8.03. The van der Waals surface area contributed by atoms with Crippen LogP contribution >= 0.6 is 0 Å². The van der Waals surface area contributed by atoms with Gasteiger partial charge in [-0.15, -0.1) is 0 Å². The predicted octanol–water partition coefficient (Wildman–Crippen LogP) is 10.8. The molecule has 4 nitrogen and oxygen atoms in total. The maximum absolute atomic E-state index is 6.49. The average molecular weight is 603 g/mol. The van der Waals surface area contributed by atoms with E-state index in [2.05, 4.69) is 126 Å². The predicted molar refractivity (Wildman–Crippen MR) is 202 cm³/mol. The van der Waals surface area contributed by atoms with Crippen LogP contribution in [0.3, 0.4) is 0 Å². The smallest absolute Gasteiger partial charge is 0.0937 e. The van der Waals surface area contributed by atoms with E-state index in [1.165, 1.54) is 32.3 Å². The minimum absolute atomic E-state index is 0.594. The van der Waals surface area contributed by atoms with E-state index in [1.54, 1.807) is 24.5 Å². The molecule has 0 unspecified atom stereocenters. The van der Waals surface area contributed by atoms with Crippen LogP contribution in [0, 0.1) is 0 Å².